The number of nitrogens with zero attached hydrogens (tertiary/aromatic N) is 1. The summed E-state index contributed by atoms with van der Waals surface area (Å²) in [6.45, 7) is 0. The fourth-order valence-electron chi connectivity index (χ4n) is 7.50. The molecule has 0 aliphatic rings. The Bertz CT molecular complexity index is 2850. The van der Waals surface area contributed by atoms with Crippen molar-refractivity contribution in [3.05, 3.63) is 188 Å². The van der Waals surface area contributed by atoms with Crippen molar-refractivity contribution in [3.8, 4) is 33.4 Å². The van der Waals surface area contributed by atoms with Crippen LogP contribution in [0.1, 0.15) is 0 Å². The van der Waals surface area contributed by atoms with E-state index in [0.29, 0.717) is 0 Å². The molecule has 2 heterocycles. The molecule has 0 radical (unpaired) electrons. The summed E-state index contributed by atoms with van der Waals surface area (Å²) < 4.78 is 13.2. The lowest BCUT2D eigenvalue weighted by molar-refractivity contribution is 0.669. The molecule has 0 saturated carbocycles. The summed E-state index contributed by atoms with van der Waals surface area (Å²) in [4.78, 5) is 2.32. The van der Waals surface area contributed by atoms with Gasteiger partial charge in [0.05, 0.1) is 5.69 Å². The van der Waals surface area contributed by atoms with Crippen LogP contribution in [0.4, 0.5) is 17.1 Å². The molecular formula is C48H31NO2. The third-order valence-electron chi connectivity index (χ3n) is 9.88. The number of fused-ring (bicyclic) bond motifs is 6. The standard InChI is InChI=1S/C48H31NO2/c1-3-13-32(14-4-1)35-17-11-18-37(31-35)49(36-27-25-34(26-28-36)39-21-12-22-41-40-19-7-9-23-44(40)50-47(39)41)43-30-29-38(33-15-5-2-6-16-33)46-42-20-8-10-24-45(42)51-48(43)46/h1-31H. The lowest BCUT2D eigenvalue weighted by Crippen LogP contribution is -2.10. The Kier molecular flexibility index (Phi) is 6.81. The highest BCUT2D eigenvalue weighted by molar-refractivity contribution is 6.17. The molecule has 8 aromatic carbocycles. The first-order valence-corrected chi connectivity index (χ1v) is 17.3. The summed E-state index contributed by atoms with van der Waals surface area (Å²) in [5.41, 5.74) is 13.3. The molecule has 0 aliphatic heterocycles. The maximum Gasteiger partial charge on any atom is 0.160 e. The molecule has 0 atom stereocenters. The molecule has 3 heteroatoms. The average Bonchev–Trinajstić information content (AvgIpc) is 3.79. The van der Waals surface area contributed by atoms with Crippen LogP contribution in [0.5, 0.6) is 0 Å². The molecule has 10 aromatic rings. The highest BCUT2D eigenvalue weighted by Crippen LogP contribution is 2.46. The monoisotopic (exact) mass is 653 g/mol. The van der Waals surface area contributed by atoms with Gasteiger partial charge >= 0.3 is 0 Å². The zero-order valence-corrected chi connectivity index (χ0v) is 27.7. The average molecular weight is 654 g/mol. The van der Waals surface area contributed by atoms with E-state index in [1.54, 1.807) is 0 Å². The van der Waals surface area contributed by atoms with Gasteiger partial charge in [-0.15, -0.1) is 0 Å². The Morgan fingerprint density at radius 1 is 0.333 bits per heavy atom. The molecule has 0 amide bonds. The SMILES string of the molecule is c1ccc(-c2cccc(N(c3ccc(-c4cccc5c4oc4ccccc45)cc3)c3ccc(-c4ccccc4)c4c3oc3ccccc34)c2)cc1. The second-order valence-corrected chi connectivity index (χ2v) is 12.9. The van der Waals surface area contributed by atoms with Crippen LogP contribution >= 0.6 is 0 Å². The van der Waals surface area contributed by atoms with E-state index >= 15 is 0 Å². The van der Waals surface area contributed by atoms with Crippen LogP contribution in [0.15, 0.2) is 197 Å². The molecule has 3 nitrogen and oxygen atoms in total. The number of furan rings is 2. The van der Waals surface area contributed by atoms with E-state index in [9.17, 15) is 0 Å². The lowest BCUT2D eigenvalue weighted by Gasteiger charge is -2.27. The van der Waals surface area contributed by atoms with Crippen molar-refractivity contribution in [2.45, 2.75) is 0 Å². The predicted octanol–water partition coefficient (Wildman–Crippen LogP) is 14.0. The number of hydrogen-bond donors (Lipinski definition) is 0. The van der Waals surface area contributed by atoms with Gasteiger partial charge in [-0.05, 0) is 70.3 Å². The molecule has 240 valence electrons. The Labute approximate surface area is 295 Å². The molecule has 0 bridgehead atoms. The van der Waals surface area contributed by atoms with Crippen LogP contribution in [0.3, 0.4) is 0 Å². The minimum atomic E-state index is 0.846. The quantitative estimate of drug-likeness (QED) is 0.179. The smallest absolute Gasteiger partial charge is 0.160 e. The number of para-hydroxylation sites is 3. The largest absolute Gasteiger partial charge is 0.455 e. The molecule has 0 unspecified atom stereocenters. The Morgan fingerprint density at radius 3 is 1.71 bits per heavy atom. The van der Waals surface area contributed by atoms with Crippen molar-refractivity contribution in [2.75, 3.05) is 4.90 Å². The number of anilines is 3. The van der Waals surface area contributed by atoms with Crippen molar-refractivity contribution in [2.24, 2.45) is 0 Å². The summed E-state index contributed by atoms with van der Waals surface area (Å²) in [5.74, 6) is 0. The van der Waals surface area contributed by atoms with Crippen molar-refractivity contribution in [3.63, 3.8) is 0 Å². The topological polar surface area (TPSA) is 29.5 Å². The normalized spacial score (nSPS) is 11.5. The number of rotatable bonds is 6. The summed E-state index contributed by atoms with van der Waals surface area (Å²) in [6, 6.07) is 66.0. The van der Waals surface area contributed by atoms with Gasteiger partial charge in [-0.3, -0.25) is 0 Å². The highest BCUT2D eigenvalue weighted by Gasteiger charge is 2.23. The van der Waals surface area contributed by atoms with E-state index in [4.69, 9.17) is 8.83 Å². The van der Waals surface area contributed by atoms with Gasteiger partial charge in [-0.2, -0.15) is 0 Å². The number of benzene rings is 8. The van der Waals surface area contributed by atoms with Crippen LogP contribution in [0.2, 0.25) is 0 Å². The van der Waals surface area contributed by atoms with Crippen LogP contribution < -0.4 is 4.90 Å². The minimum Gasteiger partial charge on any atom is -0.455 e. The maximum absolute atomic E-state index is 6.80. The second-order valence-electron chi connectivity index (χ2n) is 12.9. The maximum atomic E-state index is 6.80. The van der Waals surface area contributed by atoms with Gasteiger partial charge < -0.3 is 13.7 Å². The Balaban J connectivity index is 1.18. The van der Waals surface area contributed by atoms with Crippen LogP contribution in [-0.2, 0) is 0 Å². The first-order valence-electron chi connectivity index (χ1n) is 17.3. The van der Waals surface area contributed by atoms with Gasteiger partial charge in [-0.1, -0.05) is 146 Å². The van der Waals surface area contributed by atoms with E-state index in [0.717, 1.165) is 88.8 Å². The van der Waals surface area contributed by atoms with E-state index in [1.807, 2.05) is 18.2 Å². The van der Waals surface area contributed by atoms with Gasteiger partial charge in [-0.25, -0.2) is 0 Å². The lowest BCUT2D eigenvalue weighted by atomic mass is 9.97. The molecule has 10 rings (SSSR count). The minimum absolute atomic E-state index is 0.846. The molecule has 0 N–H and O–H groups in total. The zero-order chi connectivity index (χ0) is 33.7. The Hall–Kier alpha value is -6.84. The van der Waals surface area contributed by atoms with Crippen molar-refractivity contribution >= 4 is 60.9 Å². The summed E-state index contributed by atoms with van der Waals surface area (Å²) >= 11 is 0. The third-order valence-corrected chi connectivity index (χ3v) is 9.88. The van der Waals surface area contributed by atoms with Crippen molar-refractivity contribution in [1.29, 1.82) is 0 Å². The Morgan fingerprint density at radius 2 is 0.922 bits per heavy atom. The zero-order valence-electron chi connectivity index (χ0n) is 27.7. The fraction of sp³-hybridized carbons (Fsp3) is 0. The molecule has 2 aromatic heterocycles. The van der Waals surface area contributed by atoms with Crippen LogP contribution in [0, 0.1) is 0 Å². The van der Waals surface area contributed by atoms with E-state index in [2.05, 4.69) is 175 Å². The van der Waals surface area contributed by atoms with Gasteiger partial charge in [0.2, 0.25) is 0 Å². The van der Waals surface area contributed by atoms with E-state index in [1.165, 1.54) is 5.56 Å². The molecule has 0 saturated heterocycles. The van der Waals surface area contributed by atoms with Crippen LogP contribution in [0.25, 0.3) is 77.3 Å². The third kappa shape index (κ3) is 4.90. The summed E-state index contributed by atoms with van der Waals surface area (Å²) in [6.07, 6.45) is 0. The predicted molar refractivity (Wildman–Crippen MR) is 212 cm³/mol. The van der Waals surface area contributed by atoms with Crippen LogP contribution in [-0.4, -0.2) is 0 Å². The summed E-state index contributed by atoms with van der Waals surface area (Å²) in [5, 5.41) is 4.45. The van der Waals surface area contributed by atoms with Crippen molar-refractivity contribution in [1.82, 2.24) is 0 Å². The van der Waals surface area contributed by atoms with Gasteiger partial charge in [0.15, 0.2) is 5.58 Å². The van der Waals surface area contributed by atoms with E-state index in [-0.39, 0.29) is 0 Å². The fourth-order valence-corrected chi connectivity index (χ4v) is 7.50. The first-order chi connectivity index (χ1) is 25.3. The van der Waals surface area contributed by atoms with Gasteiger partial charge in [0, 0.05) is 38.5 Å². The van der Waals surface area contributed by atoms with Gasteiger partial charge in [0.25, 0.3) is 0 Å². The van der Waals surface area contributed by atoms with Gasteiger partial charge in [0.1, 0.15) is 16.7 Å². The molecule has 0 fully saturated rings. The second kappa shape index (κ2) is 11.9. The molecule has 51 heavy (non-hydrogen) atoms. The highest BCUT2D eigenvalue weighted by atomic mass is 16.3. The summed E-state index contributed by atoms with van der Waals surface area (Å²) in [7, 11) is 0. The van der Waals surface area contributed by atoms with Crippen molar-refractivity contribution < 1.29 is 8.83 Å². The first kappa shape index (κ1) is 29.1. The molecule has 0 aliphatic carbocycles. The molecular weight excluding hydrogens is 623 g/mol. The number of hydrogen-bond acceptors (Lipinski definition) is 3. The van der Waals surface area contributed by atoms with E-state index < -0.39 is 0 Å². The molecule has 0 spiro atoms.